The van der Waals surface area contributed by atoms with Crippen molar-refractivity contribution in [3.05, 3.63) is 75.1 Å². The van der Waals surface area contributed by atoms with Crippen LogP contribution in [0.15, 0.2) is 58.5 Å². The third kappa shape index (κ3) is 4.69. The Morgan fingerprint density at radius 1 is 1.23 bits per heavy atom. The van der Waals surface area contributed by atoms with Crippen molar-refractivity contribution < 1.29 is 13.9 Å². The molecule has 1 amide bonds. The van der Waals surface area contributed by atoms with E-state index in [4.69, 9.17) is 9.72 Å². The largest absolute Gasteiger partial charge is 0.497 e. The Bertz CT molecular complexity index is 1470. The predicted octanol–water partition coefficient (Wildman–Crippen LogP) is 4.31. The molecule has 0 aliphatic carbocycles. The first-order valence-electron chi connectivity index (χ1n) is 11.0. The number of hydrogen-bond acceptors (Lipinski definition) is 7. The summed E-state index contributed by atoms with van der Waals surface area (Å²) in [6.45, 7) is 1.67. The molecule has 3 heterocycles. The molecular formula is C25H23FN4O3S2. The van der Waals surface area contributed by atoms with Crippen molar-refractivity contribution in [2.24, 2.45) is 0 Å². The van der Waals surface area contributed by atoms with Gasteiger partial charge in [-0.2, -0.15) is 0 Å². The third-order valence-electron chi connectivity index (χ3n) is 5.85. The molecule has 0 radical (unpaired) electrons. The van der Waals surface area contributed by atoms with Gasteiger partial charge in [-0.25, -0.2) is 9.37 Å². The van der Waals surface area contributed by atoms with Crippen LogP contribution in [-0.4, -0.2) is 46.8 Å². The van der Waals surface area contributed by atoms with Gasteiger partial charge in [-0.15, -0.1) is 11.3 Å². The van der Waals surface area contributed by atoms with Crippen LogP contribution in [0.5, 0.6) is 5.75 Å². The van der Waals surface area contributed by atoms with E-state index in [9.17, 15) is 14.0 Å². The number of anilines is 1. The lowest BCUT2D eigenvalue weighted by Gasteiger charge is -2.21. The van der Waals surface area contributed by atoms with E-state index in [0.717, 1.165) is 41.7 Å². The second-order valence-corrected chi connectivity index (χ2v) is 10.2. The molecule has 0 fully saturated rings. The predicted molar refractivity (Wildman–Crippen MR) is 138 cm³/mol. The first kappa shape index (κ1) is 23.5. The molecule has 180 valence electrons. The summed E-state index contributed by atoms with van der Waals surface area (Å²) in [5.41, 5.74) is 1.66. The molecule has 0 spiro atoms. The Kier molecular flexibility index (Phi) is 6.59. The van der Waals surface area contributed by atoms with Crippen LogP contribution >= 0.6 is 23.1 Å². The number of carbonyl (C=O) groups excluding carboxylic acids is 1. The molecule has 4 aromatic rings. The Balaban J connectivity index is 1.54. The molecule has 0 unspecified atom stereocenters. The number of benzene rings is 2. The Morgan fingerprint density at radius 2 is 2.00 bits per heavy atom. The third-order valence-corrected chi connectivity index (χ3v) is 7.89. The molecule has 1 N–H and O–H groups in total. The maximum atomic E-state index is 13.9. The molecular weight excluding hydrogens is 487 g/mol. The molecule has 7 nitrogen and oxygen atoms in total. The first-order chi connectivity index (χ1) is 16.9. The number of ether oxygens (including phenoxy) is 1. The zero-order chi connectivity index (χ0) is 24.5. The highest BCUT2D eigenvalue weighted by atomic mass is 32.2. The van der Waals surface area contributed by atoms with Crippen LogP contribution in [-0.2, 0) is 17.8 Å². The average Bonchev–Trinajstić information content (AvgIpc) is 3.22. The summed E-state index contributed by atoms with van der Waals surface area (Å²) in [4.78, 5) is 35.3. The van der Waals surface area contributed by atoms with Crippen LogP contribution in [0.1, 0.15) is 10.4 Å². The van der Waals surface area contributed by atoms with Crippen molar-refractivity contribution in [2.45, 2.75) is 18.1 Å². The van der Waals surface area contributed by atoms with Gasteiger partial charge < -0.3 is 15.0 Å². The zero-order valence-electron chi connectivity index (χ0n) is 19.2. The lowest BCUT2D eigenvalue weighted by Crippen LogP contribution is -2.27. The maximum Gasteiger partial charge on any atom is 0.267 e. The summed E-state index contributed by atoms with van der Waals surface area (Å²) < 4.78 is 20.7. The van der Waals surface area contributed by atoms with E-state index in [1.165, 1.54) is 23.5 Å². The van der Waals surface area contributed by atoms with E-state index < -0.39 is 5.82 Å². The number of amides is 1. The van der Waals surface area contributed by atoms with E-state index in [-0.39, 0.29) is 22.9 Å². The molecule has 0 saturated heterocycles. The second kappa shape index (κ2) is 9.80. The Labute approximate surface area is 209 Å². The van der Waals surface area contributed by atoms with Crippen molar-refractivity contribution in [1.82, 2.24) is 14.5 Å². The lowest BCUT2D eigenvalue weighted by atomic mass is 10.1. The highest BCUT2D eigenvalue weighted by Crippen LogP contribution is 2.34. The summed E-state index contributed by atoms with van der Waals surface area (Å²) in [5, 5.41) is 3.63. The van der Waals surface area contributed by atoms with E-state index in [2.05, 4.69) is 17.3 Å². The molecule has 0 atom stereocenters. The lowest BCUT2D eigenvalue weighted by molar-refractivity contribution is -0.113. The van der Waals surface area contributed by atoms with Gasteiger partial charge in [-0.05, 0) is 55.4 Å². The second-order valence-electron chi connectivity index (χ2n) is 8.22. The van der Waals surface area contributed by atoms with Crippen LogP contribution in [0, 0.1) is 5.82 Å². The number of thioether (sulfide) groups is 1. The van der Waals surface area contributed by atoms with Crippen molar-refractivity contribution in [1.29, 1.82) is 0 Å². The van der Waals surface area contributed by atoms with Crippen molar-refractivity contribution in [3.63, 3.8) is 0 Å². The number of para-hydroxylation sites is 1. The van der Waals surface area contributed by atoms with Crippen LogP contribution in [0.4, 0.5) is 10.1 Å². The van der Waals surface area contributed by atoms with Crippen LogP contribution in [0.25, 0.3) is 15.9 Å². The van der Waals surface area contributed by atoms with Crippen molar-refractivity contribution >= 4 is 44.9 Å². The number of carbonyl (C=O) groups is 1. The fourth-order valence-electron chi connectivity index (χ4n) is 4.09. The molecule has 2 aromatic carbocycles. The van der Waals surface area contributed by atoms with Gasteiger partial charge in [-0.3, -0.25) is 14.2 Å². The highest BCUT2D eigenvalue weighted by molar-refractivity contribution is 7.99. The van der Waals surface area contributed by atoms with Gasteiger partial charge in [0.2, 0.25) is 5.91 Å². The molecule has 2 aromatic heterocycles. The molecule has 5 rings (SSSR count). The normalized spacial score (nSPS) is 13.6. The van der Waals surface area contributed by atoms with E-state index in [1.807, 2.05) is 0 Å². The maximum absolute atomic E-state index is 13.9. The van der Waals surface area contributed by atoms with Gasteiger partial charge in [0, 0.05) is 18.0 Å². The molecule has 35 heavy (non-hydrogen) atoms. The quantitative estimate of drug-likeness (QED) is 0.308. The van der Waals surface area contributed by atoms with Crippen LogP contribution < -0.4 is 15.6 Å². The number of hydrogen-bond donors (Lipinski definition) is 1. The number of rotatable bonds is 6. The summed E-state index contributed by atoms with van der Waals surface area (Å²) in [5.74, 6) is -0.251. The number of methoxy groups -OCH3 is 1. The molecule has 1 aliphatic rings. The average molecular weight is 511 g/mol. The number of nitrogens with zero attached hydrogens (tertiary/aromatic N) is 3. The summed E-state index contributed by atoms with van der Waals surface area (Å²) in [6, 6.07) is 13.2. The number of fused-ring (bicyclic) bond motifs is 3. The van der Waals surface area contributed by atoms with Crippen molar-refractivity contribution in [3.8, 4) is 11.4 Å². The van der Waals surface area contributed by atoms with E-state index >= 15 is 0 Å². The van der Waals surface area contributed by atoms with Gasteiger partial charge in [0.25, 0.3) is 5.56 Å². The van der Waals surface area contributed by atoms with Gasteiger partial charge in [0.1, 0.15) is 16.4 Å². The minimum atomic E-state index is -0.505. The smallest absolute Gasteiger partial charge is 0.267 e. The van der Waals surface area contributed by atoms with Crippen LogP contribution in [0.3, 0.4) is 0 Å². The summed E-state index contributed by atoms with van der Waals surface area (Å²) in [6.07, 6.45) is 0.795. The monoisotopic (exact) mass is 510 g/mol. The first-order valence-corrected chi connectivity index (χ1v) is 12.8. The SMILES string of the molecule is COc1ccc(-n2c(SCC(=O)Nc3ccccc3F)nc3sc4c(c3c2=O)CCN(C)C4)cc1. The molecule has 0 saturated carbocycles. The number of halogens is 1. The fraction of sp³-hybridized carbons (Fsp3) is 0.240. The van der Waals surface area contributed by atoms with Gasteiger partial charge in [-0.1, -0.05) is 23.9 Å². The number of aromatic nitrogens is 2. The molecule has 1 aliphatic heterocycles. The number of nitrogens with one attached hydrogen (secondary N) is 1. The number of likely N-dealkylation sites (N-methyl/N-ethyl adjacent to an activating group) is 1. The topological polar surface area (TPSA) is 76.5 Å². The molecule has 10 heteroatoms. The summed E-state index contributed by atoms with van der Waals surface area (Å²) in [7, 11) is 3.64. The van der Waals surface area contributed by atoms with Crippen molar-refractivity contribution in [2.75, 3.05) is 31.8 Å². The van der Waals surface area contributed by atoms with E-state index in [1.54, 1.807) is 48.1 Å². The highest BCUT2D eigenvalue weighted by Gasteiger charge is 2.25. The Morgan fingerprint density at radius 3 is 2.74 bits per heavy atom. The minimum Gasteiger partial charge on any atom is -0.497 e. The number of thiophene rings is 1. The summed E-state index contributed by atoms with van der Waals surface area (Å²) >= 11 is 2.67. The van der Waals surface area contributed by atoms with Gasteiger partial charge >= 0.3 is 0 Å². The fourth-order valence-corrected chi connectivity index (χ4v) is 6.24. The van der Waals surface area contributed by atoms with Crippen LogP contribution in [0.2, 0.25) is 0 Å². The molecule has 0 bridgehead atoms. The minimum absolute atomic E-state index is 0.0315. The Hall–Kier alpha value is -3.21. The zero-order valence-corrected chi connectivity index (χ0v) is 20.8. The van der Waals surface area contributed by atoms with E-state index in [0.29, 0.717) is 26.8 Å². The standard InChI is InChI=1S/C25H23FN4O3S2/c1-29-12-11-17-20(13-29)35-23-22(17)24(32)30(15-7-9-16(33-2)10-8-15)25(28-23)34-14-21(31)27-19-6-4-3-5-18(19)26/h3-10H,11-14H2,1-2H3,(H,27,31). The van der Waals surface area contributed by atoms with Gasteiger partial charge in [0.05, 0.1) is 29.6 Å². The van der Waals surface area contributed by atoms with Gasteiger partial charge in [0.15, 0.2) is 5.16 Å².